The third-order valence-electron chi connectivity index (χ3n) is 2.65. The Bertz CT molecular complexity index is 452. The summed E-state index contributed by atoms with van der Waals surface area (Å²) in [6.07, 6.45) is 5.32. The van der Waals surface area contributed by atoms with Crippen LogP contribution in [0.25, 0.3) is 6.08 Å². The summed E-state index contributed by atoms with van der Waals surface area (Å²) in [7, 11) is 0. The highest BCUT2D eigenvalue weighted by molar-refractivity contribution is 5.47. The Balaban J connectivity index is 0.000000191. The first-order valence-corrected chi connectivity index (χ1v) is 6.94. The molecule has 0 aromatic heterocycles. The van der Waals surface area contributed by atoms with E-state index in [0.717, 1.165) is 5.92 Å². The molecule has 0 heterocycles. The lowest BCUT2D eigenvalue weighted by molar-refractivity contribution is 0.647. The van der Waals surface area contributed by atoms with Crippen LogP contribution in [0.5, 0.6) is 0 Å². The van der Waals surface area contributed by atoms with Crippen LogP contribution in [0.15, 0.2) is 66.7 Å². The highest BCUT2D eigenvalue weighted by Crippen LogP contribution is 2.06. The molecule has 0 heteroatoms. The number of rotatable bonds is 3. The van der Waals surface area contributed by atoms with Crippen molar-refractivity contribution >= 4 is 6.08 Å². The molecule has 2 aromatic carbocycles. The number of hydrogen-bond donors (Lipinski definition) is 0. The average molecular weight is 252 g/mol. The fourth-order valence-electron chi connectivity index (χ4n) is 1.84. The molecular formula is C19H24. The minimum atomic E-state index is 0.766. The maximum absolute atomic E-state index is 2.24. The molecule has 0 atom stereocenters. The van der Waals surface area contributed by atoms with Crippen molar-refractivity contribution in [2.75, 3.05) is 0 Å². The smallest absolute Gasteiger partial charge is 0.0256 e. The van der Waals surface area contributed by atoms with Gasteiger partial charge in [-0.15, -0.1) is 0 Å². The molecule has 0 saturated carbocycles. The zero-order valence-corrected chi connectivity index (χ0v) is 12.2. The number of benzene rings is 2. The fourth-order valence-corrected chi connectivity index (χ4v) is 1.84. The summed E-state index contributed by atoms with van der Waals surface area (Å²) in [5.74, 6) is 0.766. The lowest BCUT2D eigenvalue weighted by Gasteiger charge is -2.02. The molecule has 0 bridgehead atoms. The average Bonchev–Trinajstić information content (AvgIpc) is 2.41. The molecule has 0 radical (unpaired) electrons. The molecule has 0 unspecified atom stereocenters. The summed E-state index contributed by atoms with van der Waals surface area (Å²) in [5, 5.41) is 0. The van der Waals surface area contributed by atoms with Gasteiger partial charge in [-0.3, -0.25) is 0 Å². The molecule has 0 aliphatic carbocycles. The number of hydrogen-bond acceptors (Lipinski definition) is 0. The minimum absolute atomic E-state index is 0.766. The molecule has 0 saturated heterocycles. The molecule has 0 N–H and O–H groups in total. The second-order valence-electron chi connectivity index (χ2n) is 4.99. The van der Waals surface area contributed by atoms with Gasteiger partial charge in [-0.25, -0.2) is 0 Å². The molecule has 2 aromatic rings. The first-order chi connectivity index (χ1) is 9.22. The Labute approximate surface area is 117 Å². The van der Waals surface area contributed by atoms with Crippen molar-refractivity contribution in [1.29, 1.82) is 0 Å². The van der Waals surface area contributed by atoms with E-state index in [1.165, 1.54) is 17.5 Å². The Hall–Kier alpha value is -1.82. The van der Waals surface area contributed by atoms with E-state index < -0.39 is 0 Å². The maximum atomic E-state index is 2.24. The Morgan fingerprint density at radius 1 is 0.842 bits per heavy atom. The highest BCUT2D eigenvalue weighted by atomic mass is 14.0. The van der Waals surface area contributed by atoms with Gasteiger partial charge in [0.1, 0.15) is 0 Å². The van der Waals surface area contributed by atoms with E-state index in [1.54, 1.807) is 0 Å². The lowest BCUT2D eigenvalue weighted by atomic mass is 10.0. The minimum Gasteiger partial charge on any atom is -0.0871 e. The SMILES string of the molecule is C/C=C/c1ccccc1.CC(C)Cc1ccccc1. The molecule has 0 fully saturated rings. The van der Waals surface area contributed by atoms with Crippen molar-refractivity contribution in [3.8, 4) is 0 Å². The van der Waals surface area contributed by atoms with Crippen LogP contribution in [0.3, 0.4) is 0 Å². The van der Waals surface area contributed by atoms with Gasteiger partial charge in [-0.2, -0.15) is 0 Å². The van der Waals surface area contributed by atoms with Crippen molar-refractivity contribution in [3.63, 3.8) is 0 Å². The molecule has 0 spiro atoms. The molecule has 19 heavy (non-hydrogen) atoms. The van der Waals surface area contributed by atoms with Gasteiger partial charge >= 0.3 is 0 Å². The fraction of sp³-hybridized carbons (Fsp3) is 0.263. The zero-order chi connectivity index (χ0) is 13.9. The van der Waals surface area contributed by atoms with Gasteiger partial charge in [-0.1, -0.05) is 86.7 Å². The summed E-state index contributed by atoms with van der Waals surface area (Å²) < 4.78 is 0. The van der Waals surface area contributed by atoms with E-state index in [0.29, 0.717) is 0 Å². The maximum Gasteiger partial charge on any atom is -0.0256 e. The van der Waals surface area contributed by atoms with Crippen LogP contribution >= 0.6 is 0 Å². The lowest BCUT2D eigenvalue weighted by Crippen LogP contribution is -1.92. The Morgan fingerprint density at radius 3 is 1.84 bits per heavy atom. The second-order valence-corrected chi connectivity index (χ2v) is 4.99. The summed E-state index contributed by atoms with van der Waals surface area (Å²) in [5.41, 5.74) is 2.71. The van der Waals surface area contributed by atoms with Crippen molar-refractivity contribution in [2.45, 2.75) is 27.2 Å². The van der Waals surface area contributed by atoms with Gasteiger partial charge in [-0.05, 0) is 30.4 Å². The third-order valence-corrected chi connectivity index (χ3v) is 2.65. The van der Waals surface area contributed by atoms with Crippen molar-refractivity contribution in [3.05, 3.63) is 77.9 Å². The predicted molar refractivity (Wildman–Crippen MR) is 86.1 cm³/mol. The molecule has 100 valence electrons. The van der Waals surface area contributed by atoms with Crippen LogP contribution in [0.4, 0.5) is 0 Å². The predicted octanol–water partition coefficient (Wildman–Crippen LogP) is 5.60. The van der Waals surface area contributed by atoms with Crippen LogP contribution in [0, 0.1) is 5.92 Å². The zero-order valence-electron chi connectivity index (χ0n) is 12.2. The normalized spacial score (nSPS) is 10.3. The van der Waals surface area contributed by atoms with Crippen LogP contribution in [-0.2, 0) is 6.42 Å². The van der Waals surface area contributed by atoms with Crippen LogP contribution in [0.1, 0.15) is 31.9 Å². The van der Waals surface area contributed by atoms with E-state index in [9.17, 15) is 0 Å². The summed E-state index contributed by atoms with van der Waals surface area (Å²) in [6.45, 7) is 6.51. The van der Waals surface area contributed by atoms with Gasteiger partial charge in [0.05, 0.1) is 0 Å². The largest absolute Gasteiger partial charge is 0.0871 e. The first-order valence-electron chi connectivity index (χ1n) is 6.94. The molecule has 0 nitrogen and oxygen atoms in total. The van der Waals surface area contributed by atoms with E-state index in [4.69, 9.17) is 0 Å². The summed E-state index contributed by atoms with van der Waals surface area (Å²) >= 11 is 0. The third kappa shape index (κ3) is 7.25. The quantitative estimate of drug-likeness (QED) is 0.666. The first kappa shape index (κ1) is 15.2. The van der Waals surface area contributed by atoms with Gasteiger partial charge in [0, 0.05) is 0 Å². The van der Waals surface area contributed by atoms with Crippen molar-refractivity contribution in [1.82, 2.24) is 0 Å². The topological polar surface area (TPSA) is 0 Å². The molecule has 2 rings (SSSR count). The molecule has 0 aliphatic heterocycles. The Morgan fingerprint density at radius 2 is 1.37 bits per heavy atom. The molecule has 0 aliphatic rings. The standard InChI is InChI=1S/C10H14.C9H10/c1-9(2)8-10-6-4-3-5-7-10;1-2-6-9-7-4-3-5-8-9/h3-7,9H,8H2,1-2H3;2-8H,1H3/b;6-2+. The monoisotopic (exact) mass is 252 g/mol. The summed E-state index contributed by atoms with van der Waals surface area (Å²) in [6, 6.07) is 20.9. The van der Waals surface area contributed by atoms with Gasteiger partial charge < -0.3 is 0 Å². The van der Waals surface area contributed by atoms with Crippen LogP contribution in [-0.4, -0.2) is 0 Å². The van der Waals surface area contributed by atoms with Gasteiger partial charge in [0.25, 0.3) is 0 Å². The van der Waals surface area contributed by atoms with Crippen LogP contribution < -0.4 is 0 Å². The van der Waals surface area contributed by atoms with E-state index in [1.807, 2.05) is 31.2 Å². The second kappa shape index (κ2) is 9.16. The van der Waals surface area contributed by atoms with E-state index in [2.05, 4.69) is 62.4 Å². The Kier molecular flexibility index (Phi) is 7.34. The van der Waals surface area contributed by atoms with Gasteiger partial charge in [0.15, 0.2) is 0 Å². The van der Waals surface area contributed by atoms with Crippen molar-refractivity contribution in [2.24, 2.45) is 5.92 Å². The van der Waals surface area contributed by atoms with Gasteiger partial charge in [0.2, 0.25) is 0 Å². The van der Waals surface area contributed by atoms with Crippen LogP contribution in [0.2, 0.25) is 0 Å². The molecular weight excluding hydrogens is 228 g/mol. The summed E-state index contributed by atoms with van der Waals surface area (Å²) in [4.78, 5) is 0. The highest BCUT2D eigenvalue weighted by Gasteiger charge is 1.94. The number of allylic oxidation sites excluding steroid dienone is 1. The van der Waals surface area contributed by atoms with E-state index >= 15 is 0 Å². The van der Waals surface area contributed by atoms with E-state index in [-0.39, 0.29) is 0 Å². The van der Waals surface area contributed by atoms with Crippen molar-refractivity contribution < 1.29 is 0 Å². The molecule has 0 amide bonds.